The molecule has 1 saturated carbocycles. The molecule has 0 spiro atoms. The quantitative estimate of drug-likeness (QED) is 0.624. The van der Waals surface area contributed by atoms with Crippen molar-refractivity contribution in [1.29, 1.82) is 0 Å². The zero-order chi connectivity index (χ0) is 17.4. The second-order valence-corrected chi connectivity index (χ2v) is 7.60. The van der Waals surface area contributed by atoms with Gasteiger partial charge in [0.1, 0.15) is 17.2 Å². The summed E-state index contributed by atoms with van der Waals surface area (Å²) in [4.78, 5) is 4.96. The number of aryl methyl sites for hydroxylation is 2. The predicted octanol–water partition coefficient (Wildman–Crippen LogP) is 6.02. The highest BCUT2D eigenvalue weighted by molar-refractivity contribution is 6.30. The van der Waals surface area contributed by atoms with E-state index in [-0.39, 0.29) is 0 Å². The Morgan fingerprint density at radius 3 is 2.48 bits per heavy atom. The molecule has 0 saturated heterocycles. The largest absolute Gasteiger partial charge is 0.367 e. The number of fused-ring (bicyclic) bond motifs is 1. The first-order valence-electron chi connectivity index (χ1n) is 9.14. The standard InChI is InChI=1S/C21H24ClN3/c1-14-12-15(2)25-19(13-14)24-20(16-8-10-17(22)11-9-16)21(25)23-18-6-4-3-5-7-18/h8-13,18,23H,3-7H2,1-2H3. The molecule has 4 heteroatoms. The van der Waals surface area contributed by atoms with Crippen LogP contribution in [0.1, 0.15) is 43.4 Å². The number of nitrogens with zero attached hydrogens (tertiary/aromatic N) is 2. The molecule has 0 bridgehead atoms. The zero-order valence-electron chi connectivity index (χ0n) is 14.8. The first-order valence-corrected chi connectivity index (χ1v) is 9.52. The average molecular weight is 354 g/mol. The van der Waals surface area contributed by atoms with E-state index in [1.165, 1.54) is 43.4 Å². The third kappa shape index (κ3) is 3.25. The van der Waals surface area contributed by atoms with Gasteiger partial charge in [0.2, 0.25) is 0 Å². The summed E-state index contributed by atoms with van der Waals surface area (Å²) in [6, 6.07) is 12.9. The van der Waals surface area contributed by atoms with Crippen molar-refractivity contribution in [3.8, 4) is 11.3 Å². The Hall–Kier alpha value is -2.00. The van der Waals surface area contributed by atoms with Crippen LogP contribution in [-0.4, -0.2) is 15.4 Å². The Morgan fingerprint density at radius 1 is 1.04 bits per heavy atom. The number of aromatic nitrogens is 2. The highest BCUT2D eigenvalue weighted by Gasteiger charge is 2.20. The van der Waals surface area contributed by atoms with Gasteiger partial charge < -0.3 is 5.32 Å². The minimum Gasteiger partial charge on any atom is -0.367 e. The van der Waals surface area contributed by atoms with E-state index in [2.05, 4.69) is 47.8 Å². The topological polar surface area (TPSA) is 29.3 Å². The Labute approximate surface area is 154 Å². The van der Waals surface area contributed by atoms with Crippen molar-refractivity contribution in [3.05, 3.63) is 52.7 Å². The third-order valence-corrected chi connectivity index (χ3v) is 5.37. The summed E-state index contributed by atoms with van der Waals surface area (Å²) in [5.74, 6) is 1.11. The number of anilines is 1. The first kappa shape index (κ1) is 16.5. The van der Waals surface area contributed by atoms with Gasteiger partial charge in [0, 0.05) is 22.3 Å². The van der Waals surface area contributed by atoms with Crippen molar-refractivity contribution in [2.75, 3.05) is 5.32 Å². The van der Waals surface area contributed by atoms with Crippen LogP contribution in [0.25, 0.3) is 16.9 Å². The van der Waals surface area contributed by atoms with Gasteiger partial charge in [-0.2, -0.15) is 0 Å². The molecule has 25 heavy (non-hydrogen) atoms. The van der Waals surface area contributed by atoms with E-state index in [9.17, 15) is 0 Å². The molecule has 1 fully saturated rings. The molecule has 3 aromatic rings. The zero-order valence-corrected chi connectivity index (χ0v) is 15.6. The smallest absolute Gasteiger partial charge is 0.139 e. The lowest BCUT2D eigenvalue weighted by Crippen LogP contribution is -2.23. The van der Waals surface area contributed by atoms with Crippen LogP contribution < -0.4 is 5.32 Å². The van der Waals surface area contributed by atoms with E-state index in [1.807, 2.05) is 12.1 Å². The molecule has 0 aliphatic heterocycles. The Morgan fingerprint density at radius 2 is 1.76 bits per heavy atom. The molecule has 0 amide bonds. The molecule has 1 aliphatic rings. The molecule has 1 N–H and O–H groups in total. The van der Waals surface area contributed by atoms with E-state index in [0.29, 0.717) is 6.04 Å². The molecular formula is C21H24ClN3. The highest BCUT2D eigenvalue weighted by atomic mass is 35.5. The van der Waals surface area contributed by atoms with Gasteiger partial charge in [0.25, 0.3) is 0 Å². The van der Waals surface area contributed by atoms with Gasteiger partial charge in [0.15, 0.2) is 0 Å². The van der Waals surface area contributed by atoms with Gasteiger partial charge >= 0.3 is 0 Å². The first-order chi connectivity index (χ1) is 12.1. The number of hydrogen-bond donors (Lipinski definition) is 1. The lowest BCUT2D eigenvalue weighted by atomic mass is 9.95. The number of nitrogens with one attached hydrogen (secondary N) is 1. The monoisotopic (exact) mass is 353 g/mol. The van der Waals surface area contributed by atoms with Crippen molar-refractivity contribution in [2.45, 2.75) is 52.0 Å². The summed E-state index contributed by atoms with van der Waals surface area (Å²) < 4.78 is 2.26. The molecular weight excluding hydrogens is 330 g/mol. The fraction of sp³-hybridized carbons (Fsp3) is 0.381. The van der Waals surface area contributed by atoms with Crippen molar-refractivity contribution >= 4 is 23.1 Å². The van der Waals surface area contributed by atoms with E-state index < -0.39 is 0 Å². The summed E-state index contributed by atoms with van der Waals surface area (Å²) in [6.45, 7) is 4.28. The van der Waals surface area contributed by atoms with Crippen LogP contribution in [-0.2, 0) is 0 Å². The van der Waals surface area contributed by atoms with Crippen LogP contribution >= 0.6 is 11.6 Å². The lowest BCUT2D eigenvalue weighted by molar-refractivity contribution is 0.461. The van der Waals surface area contributed by atoms with Crippen molar-refractivity contribution in [1.82, 2.24) is 9.38 Å². The van der Waals surface area contributed by atoms with Crippen LogP contribution in [0.2, 0.25) is 5.02 Å². The van der Waals surface area contributed by atoms with Crippen molar-refractivity contribution in [2.24, 2.45) is 0 Å². The Balaban J connectivity index is 1.86. The SMILES string of the molecule is Cc1cc(C)n2c(NC3CCCCC3)c(-c3ccc(Cl)cc3)nc2c1. The van der Waals surface area contributed by atoms with Crippen molar-refractivity contribution < 1.29 is 0 Å². The molecule has 3 nitrogen and oxygen atoms in total. The minimum atomic E-state index is 0.528. The fourth-order valence-corrected chi connectivity index (χ4v) is 4.04. The molecule has 130 valence electrons. The molecule has 2 aromatic heterocycles. The maximum absolute atomic E-state index is 6.08. The molecule has 4 rings (SSSR count). The summed E-state index contributed by atoms with van der Waals surface area (Å²) >= 11 is 6.08. The van der Waals surface area contributed by atoms with Gasteiger partial charge in [-0.3, -0.25) is 4.40 Å². The summed E-state index contributed by atoms with van der Waals surface area (Å²) in [5, 5.41) is 4.56. The second-order valence-electron chi connectivity index (χ2n) is 7.16. The summed E-state index contributed by atoms with van der Waals surface area (Å²) in [6.07, 6.45) is 6.44. The van der Waals surface area contributed by atoms with Crippen LogP contribution in [0.15, 0.2) is 36.4 Å². The van der Waals surface area contributed by atoms with E-state index in [0.717, 1.165) is 27.7 Å². The maximum atomic E-state index is 6.08. The highest BCUT2D eigenvalue weighted by Crippen LogP contribution is 2.33. The van der Waals surface area contributed by atoms with E-state index in [1.54, 1.807) is 0 Å². The van der Waals surface area contributed by atoms with Gasteiger partial charge in [-0.1, -0.05) is 43.0 Å². The minimum absolute atomic E-state index is 0.528. The number of imidazole rings is 1. The van der Waals surface area contributed by atoms with Gasteiger partial charge in [-0.15, -0.1) is 0 Å². The summed E-state index contributed by atoms with van der Waals surface area (Å²) in [7, 11) is 0. The molecule has 0 atom stereocenters. The van der Waals surface area contributed by atoms with Crippen molar-refractivity contribution in [3.63, 3.8) is 0 Å². The molecule has 1 aliphatic carbocycles. The second kappa shape index (κ2) is 6.72. The van der Waals surface area contributed by atoms with Gasteiger partial charge in [-0.05, 0) is 56.5 Å². The normalized spacial score (nSPS) is 15.6. The lowest BCUT2D eigenvalue weighted by Gasteiger charge is -2.24. The van der Waals surface area contributed by atoms with Gasteiger partial charge in [0.05, 0.1) is 0 Å². The molecule has 0 radical (unpaired) electrons. The van der Waals surface area contributed by atoms with Crippen LogP contribution in [0.3, 0.4) is 0 Å². The molecule has 0 unspecified atom stereocenters. The Bertz CT molecular complexity index is 890. The molecule has 2 heterocycles. The van der Waals surface area contributed by atoms with Crippen LogP contribution in [0.4, 0.5) is 5.82 Å². The number of benzene rings is 1. The predicted molar refractivity (Wildman–Crippen MR) is 106 cm³/mol. The molecule has 1 aromatic carbocycles. The number of halogens is 1. The van der Waals surface area contributed by atoms with Crippen LogP contribution in [0, 0.1) is 13.8 Å². The fourth-order valence-electron chi connectivity index (χ4n) is 3.91. The van der Waals surface area contributed by atoms with Crippen LogP contribution in [0.5, 0.6) is 0 Å². The van der Waals surface area contributed by atoms with E-state index >= 15 is 0 Å². The Kier molecular flexibility index (Phi) is 4.43. The average Bonchev–Trinajstić information content (AvgIpc) is 2.95. The third-order valence-electron chi connectivity index (χ3n) is 5.11. The maximum Gasteiger partial charge on any atom is 0.139 e. The number of rotatable bonds is 3. The van der Waals surface area contributed by atoms with Gasteiger partial charge in [-0.25, -0.2) is 4.98 Å². The number of pyridine rings is 1. The summed E-state index contributed by atoms with van der Waals surface area (Å²) in [5.41, 5.74) is 5.56. The van der Waals surface area contributed by atoms with E-state index in [4.69, 9.17) is 16.6 Å². The number of hydrogen-bond acceptors (Lipinski definition) is 2.